The van der Waals surface area contributed by atoms with Gasteiger partial charge in [0.05, 0.1) is 24.0 Å². The number of fused-ring (bicyclic) bond motifs is 1. The van der Waals surface area contributed by atoms with Gasteiger partial charge in [0.1, 0.15) is 23.1 Å². The van der Waals surface area contributed by atoms with Crippen LogP contribution >= 0.6 is 11.6 Å². The molecule has 0 saturated heterocycles. The number of aromatic nitrogens is 3. The number of hydrogen-bond acceptors (Lipinski definition) is 5. The number of imidazole rings is 1. The lowest BCUT2D eigenvalue weighted by molar-refractivity contribution is -0.115. The van der Waals surface area contributed by atoms with Crippen LogP contribution in [0.5, 0.6) is 5.75 Å². The van der Waals surface area contributed by atoms with E-state index in [0.717, 1.165) is 17.4 Å². The number of rotatable bonds is 7. The Bertz CT molecular complexity index is 1240. The molecule has 0 saturated carbocycles. The summed E-state index contributed by atoms with van der Waals surface area (Å²) in [6, 6.07) is 11.4. The molecular formula is C22H19ClFN5O2. The van der Waals surface area contributed by atoms with Gasteiger partial charge in [0.25, 0.3) is 0 Å². The van der Waals surface area contributed by atoms with E-state index in [1.165, 1.54) is 12.1 Å². The van der Waals surface area contributed by atoms with Gasteiger partial charge in [-0.1, -0.05) is 23.7 Å². The summed E-state index contributed by atoms with van der Waals surface area (Å²) in [4.78, 5) is 21.2. The number of ether oxygens (including phenoxy) is 1. The fourth-order valence-corrected chi connectivity index (χ4v) is 3.42. The molecule has 0 atom stereocenters. The molecule has 0 radical (unpaired) electrons. The molecule has 158 valence electrons. The van der Waals surface area contributed by atoms with Crippen LogP contribution in [-0.2, 0) is 4.79 Å². The highest BCUT2D eigenvalue weighted by molar-refractivity contribution is 6.33. The average Bonchev–Trinajstić information content (AvgIpc) is 3.14. The molecule has 7 nitrogen and oxygen atoms in total. The Kier molecular flexibility index (Phi) is 5.99. The van der Waals surface area contributed by atoms with Crippen LogP contribution < -0.4 is 15.4 Å². The molecule has 2 aromatic carbocycles. The highest BCUT2D eigenvalue weighted by Gasteiger charge is 2.17. The zero-order valence-corrected chi connectivity index (χ0v) is 17.4. The predicted molar refractivity (Wildman–Crippen MR) is 118 cm³/mol. The molecule has 0 spiro atoms. The monoisotopic (exact) mass is 439 g/mol. The van der Waals surface area contributed by atoms with Crippen LogP contribution in [0, 0.1) is 5.82 Å². The Labute approximate surface area is 182 Å². The maximum absolute atomic E-state index is 13.2. The van der Waals surface area contributed by atoms with Gasteiger partial charge >= 0.3 is 0 Å². The number of nitrogens with zero attached hydrogens (tertiary/aromatic N) is 3. The van der Waals surface area contributed by atoms with Crippen molar-refractivity contribution in [1.29, 1.82) is 0 Å². The second kappa shape index (κ2) is 9.01. The van der Waals surface area contributed by atoms with Crippen LogP contribution in [0.4, 0.5) is 15.9 Å². The molecule has 1 amide bonds. The SMILES string of the molecule is COc1ccccc1-c1nc2cnccn2c1NCCC(=O)Nc1ccc(F)cc1Cl. The van der Waals surface area contributed by atoms with Gasteiger partial charge in [0.15, 0.2) is 5.65 Å². The van der Waals surface area contributed by atoms with Crippen LogP contribution in [0.2, 0.25) is 5.02 Å². The van der Waals surface area contributed by atoms with Crippen molar-refractivity contribution in [3.63, 3.8) is 0 Å². The zero-order valence-electron chi connectivity index (χ0n) is 16.6. The molecule has 31 heavy (non-hydrogen) atoms. The molecule has 0 aliphatic rings. The Morgan fingerprint density at radius 1 is 1.26 bits per heavy atom. The third-order valence-corrected chi connectivity index (χ3v) is 4.95. The van der Waals surface area contributed by atoms with Gasteiger partial charge in [0.2, 0.25) is 5.91 Å². The maximum Gasteiger partial charge on any atom is 0.226 e. The third kappa shape index (κ3) is 4.44. The fraction of sp³-hybridized carbons (Fsp3) is 0.136. The Morgan fingerprint density at radius 3 is 2.90 bits per heavy atom. The molecule has 4 rings (SSSR count). The zero-order chi connectivity index (χ0) is 21.8. The Morgan fingerprint density at radius 2 is 2.10 bits per heavy atom. The summed E-state index contributed by atoms with van der Waals surface area (Å²) in [5.41, 5.74) is 2.53. The molecular weight excluding hydrogens is 421 g/mol. The first-order valence-electron chi connectivity index (χ1n) is 9.51. The van der Waals surface area contributed by atoms with Crippen molar-refractivity contribution < 1.29 is 13.9 Å². The average molecular weight is 440 g/mol. The molecule has 4 aromatic rings. The summed E-state index contributed by atoms with van der Waals surface area (Å²) in [7, 11) is 1.61. The van der Waals surface area contributed by atoms with Gasteiger partial charge in [-0.2, -0.15) is 0 Å². The van der Waals surface area contributed by atoms with Crippen LogP contribution in [0.3, 0.4) is 0 Å². The summed E-state index contributed by atoms with van der Waals surface area (Å²) >= 11 is 5.97. The lowest BCUT2D eigenvalue weighted by Crippen LogP contribution is -2.17. The predicted octanol–water partition coefficient (Wildman–Crippen LogP) is 4.64. The lowest BCUT2D eigenvalue weighted by atomic mass is 10.1. The minimum absolute atomic E-state index is 0.147. The van der Waals surface area contributed by atoms with Crippen molar-refractivity contribution in [2.75, 3.05) is 24.3 Å². The van der Waals surface area contributed by atoms with E-state index in [1.54, 1.807) is 25.7 Å². The number of anilines is 2. The van der Waals surface area contributed by atoms with E-state index >= 15 is 0 Å². The van der Waals surface area contributed by atoms with Gasteiger partial charge in [-0.15, -0.1) is 0 Å². The van der Waals surface area contributed by atoms with Gasteiger partial charge in [-0.05, 0) is 30.3 Å². The normalized spacial score (nSPS) is 10.8. The van der Waals surface area contributed by atoms with Gasteiger partial charge in [0, 0.05) is 30.9 Å². The van der Waals surface area contributed by atoms with Gasteiger partial charge in [-0.3, -0.25) is 14.2 Å². The maximum atomic E-state index is 13.2. The third-order valence-electron chi connectivity index (χ3n) is 4.64. The second-order valence-electron chi connectivity index (χ2n) is 6.66. The Hall–Kier alpha value is -3.65. The number of para-hydroxylation sites is 1. The number of carbonyl (C=O) groups excluding carboxylic acids is 1. The number of benzene rings is 2. The van der Waals surface area contributed by atoms with Crippen LogP contribution in [0.25, 0.3) is 16.9 Å². The minimum Gasteiger partial charge on any atom is -0.496 e. The van der Waals surface area contributed by atoms with Crippen LogP contribution in [-0.4, -0.2) is 33.9 Å². The molecule has 0 bridgehead atoms. The topological polar surface area (TPSA) is 80.6 Å². The summed E-state index contributed by atoms with van der Waals surface area (Å²) in [5, 5.41) is 6.13. The number of nitrogens with one attached hydrogen (secondary N) is 2. The molecule has 0 aliphatic carbocycles. The number of halogens is 2. The van der Waals surface area contributed by atoms with Crippen LogP contribution in [0.1, 0.15) is 6.42 Å². The molecule has 2 aromatic heterocycles. The second-order valence-corrected chi connectivity index (χ2v) is 7.07. The lowest BCUT2D eigenvalue weighted by Gasteiger charge is -2.11. The van der Waals surface area contributed by atoms with E-state index in [1.807, 2.05) is 28.7 Å². The van der Waals surface area contributed by atoms with E-state index in [9.17, 15) is 9.18 Å². The van der Waals surface area contributed by atoms with Crippen molar-refractivity contribution in [1.82, 2.24) is 14.4 Å². The van der Waals surface area contributed by atoms with Crippen LogP contribution in [0.15, 0.2) is 61.1 Å². The molecule has 9 heteroatoms. The van der Waals surface area contributed by atoms with E-state index in [2.05, 4.69) is 20.6 Å². The Balaban J connectivity index is 1.53. The highest BCUT2D eigenvalue weighted by atomic mass is 35.5. The smallest absolute Gasteiger partial charge is 0.226 e. The van der Waals surface area contributed by atoms with Crippen molar-refractivity contribution in [3.05, 3.63) is 71.9 Å². The standard InChI is InChI=1S/C22H19ClFN5O2/c1-31-18-5-3-2-4-15(18)21-22(29-11-10-25-13-19(29)28-21)26-9-8-20(30)27-17-7-6-14(24)12-16(17)23/h2-7,10-13,26H,8-9H2,1H3,(H,27,30). The van der Waals surface area contributed by atoms with Crippen molar-refractivity contribution >= 4 is 34.7 Å². The fourth-order valence-electron chi connectivity index (χ4n) is 3.20. The van der Waals surface area contributed by atoms with E-state index in [0.29, 0.717) is 29.3 Å². The number of carbonyl (C=O) groups is 1. The highest BCUT2D eigenvalue weighted by Crippen LogP contribution is 2.34. The molecule has 0 unspecified atom stereocenters. The first-order valence-corrected chi connectivity index (χ1v) is 9.89. The van der Waals surface area contributed by atoms with E-state index < -0.39 is 5.82 Å². The number of methoxy groups -OCH3 is 1. The number of amides is 1. The minimum atomic E-state index is -0.462. The molecule has 2 N–H and O–H groups in total. The van der Waals surface area contributed by atoms with Crippen molar-refractivity contribution in [2.45, 2.75) is 6.42 Å². The largest absolute Gasteiger partial charge is 0.496 e. The summed E-state index contributed by atoms with van der Waals surface area (Å²) in [6.07, 6.45) is 5.28. The quantitative estimate of drug-likeness (QED) is 0.438. The van der Waals surface area contributed by atoms with Crippen molar-refractivity contribution in [3.8, 4) is 17.0 Å². The van der Waals surface area contributed by atoms with Gasteiger partial charge < -0.3 is 15.4 Å². The first-order chi connectivity index (χ1) is 15.1. The molecule has 0 fully saturated rings. The van der Waals surface area contributed by atoms with E-state index in [-0.39, 0.29) is 17.4 Å². The van der Waals surface area contributed by atoms with Crippen molar-refractivity contribution in [2.24, 2.45) is 0 Å². The number of hydrogen-bond donors (Lipinski definition) is 2. The molecule has 2 heterocycles. The molecule has 0 aliphatic heterocycles. The van der Waals surface area contributed by atoms with Gasteiger partial charge in [-0.25, -0.2) is 9.37 Å². The summed E-state index contributed by atoms with van der Waals surface area (Å²) in [5.74, 6) is 0.686. The summed E-state index contributed by atoms with van der Waals surface area (Å²) in [6.45, 7) is 0.336. The first kappa shape index (κ1) is 20.6. The van der Waals surface area contributed by atoms with E-state index in [4.69, 9.17) is 16.3 Å². The summed E-state index contributed by atoms with van der Waals surface area (Å²) < 4.78 is 20.5.